The summed E-state index contributed by atoms with van der Waals surface area (Å²) in [5.41, 5.74) is 2.94. The zero-order valence-electron chi connectivity index (χ0n) is 12.1. The van der Waals surface area contributed by atoms with Gasteiger partial charge < -0.3 is 10.1 Å². The zero-order chi connectivity index (χ0) is 14.5. The summed E-state index contributed by atoms with van der Waals surface area (Å²) in [6.45, 7) is 4.18. The summed E-state index contributed by atoms with van der Waals surface area (Å²) >= 11 is 0. The average molecular weight is 273 g/mol. The quantitative estimate of drug-likeness (QED) is 0.895. The largest absolute Gasteiger partial charge is 0.489 e. The molecule has 106 valence electrons. The van der Waals surface area contributed by atoms with Crippen molar-refractivity contribution in [3.8, 4) is 5.75 Å². The predicted octanol–water partition coefficient (Wildman–Crippen LogP) is 3.78. The lowest BCUT2D eigenvalue weighted by molar-refractivity contribution is 0.261. The van der Waals surface area contributed by atoms with E-state index in [0.717, 1.165) is 5.56 Å². The third-order valence-corrected chi connectivity index (χ3v) is 3.39. The van der Waals surface area contributed by atoms with Crippen LogP contribution < -0.4 is 10.1 Å². The molecule has 0 aromatic heterocycles. The van der Waals surface area contributed by atoms with E-state index in [0.29, 0.717) is 17.9 Å². The lowest BCUT2D eigenvalue weighted by atomic mass is 10.1. The molecule has 1 atom stereocenters. The molecule has 0 spiro atoms. The van der Waals surface area contributed by atoms with Gasteiger partial charge >= 0.3 is 0 Å². The van der Waals surface area contributed by atoms with Gasteiger partial charge in [-0.3, -0.25) is 0 Å². The van der Waals surface area contributed by atoms with Crippen molar-refractivity contribution in [2.45, 2.75) is 19.9 Å². The Morgan fingerprint density at radius 2 is 1.80 bits per heavy atom. The van der Waals surface area contributed by atoms with Gasteiger partial charge in [0.05, 0.1) is 6.04 Å². The molecule has 0 radical (unpaired) electrons. The Labute approximate surface area is 119 Å². The van der Waals surface area contributed by atoms with E-state index >= 15 is 0 Å². The molecule has 2 aromatic carbocycles. The van der Waals surface area contributed by atoms with Gasteiger partial charge in [-0.25, -0.2) is 4.39 Å². The molecule has 2 aromatic rings. The SMILES string of the molecule is CNC(COc1cccc(C)c1F)c1ccc(C)cc1. The Balaban J connectivity index is 2.07. The van der Waals surface area contributed by atoms with Gasteiger partial charge in [-0.2, -0.15) is 0 Å². The van der Waals surface area contributed by atoms with Gasteiger partial charge in [0.1, 0.15) is 6.61 Å². The summed E-state index contributed by atoms with van der Waals surface area (Å²) in [5.74, 6) is 0.0172. The van der Waals surface area contributed by atoms with E-state index in [2.05, 4.69) is 36.5 Å². The van der Waals surface area contributed by atoms with Crippen LogP contribution in [0.5, 0.6) is 5.75 Å². The summed E-state index contributed by atoms with van der Waals surface area (Å²) in [6, 6.07) is 13.5. The fourth-order valence-corrected chi connectivity index (χ4v) is 2.05. The standard InChI is InChI=1S/C17H20FNO/c1-12-7-9-14(10-8-12)15(19-3)11-20-16-6-4-5-13(2)17(16)18/h4-10,15,19H,11H2,1-3H3. The minimum Gasteiger partial charge on any atom is -0.489 e. The van der Waals surface area contributed by atoms with Crippen LogP contribution in [0.15, 0.2) is 42.5 Å². The molecule has 3 heteroatoms. The molecule has 0 saturated carbocycles. The Morgan fingerprint density at radius 1 is 1.10 bits per heavy atom. The fourth-order valence-electron chi connectivity index (χ4n) is 2.05. The summed E-state index contributed by atoms with van der Waals surface area (Å²) in [5, 5.41) is 3.19. The van der Waals surface area contributed by atoms with E-state index < -0.39 is 0 Å². The van der Waals surface area contributed by atoms with E-state index in [1.807, 2.05) is 7.05 Å². The molecular formula is C17H20FNO. The first kappa shape index (κ1) is 14.5. The molecule has 20 heavy (non-hydrogen) atoms. The topological polar surface area (TPSA) is 21.3 Å². The van der Waals surface area contributed by atoms with E-state index in [1.165, 1.54) is 5.56 Å². The highest BCUT2D eigenvalue weighted by Gasteiger charge is 2.12. The van der Waals surface area contributed by atoms with Crippen LogP contribution in [0.2, 0.25) is 0 Å². The van der Waals surface area contributed by atoms with Gasteiger partial charge in [0.25, 0.3) is 0 Å². The summed E-state index contributed by atoms with van der Waals surface area (Å²) in [6.07, 6.45) is 0. The first-order valence-corrected chi connectivity index (χ1v) is 6.73. The van der Waals surface area contributed by atoms with E-state index in [9.17, 15) is 4.39 Å². The first-order chi connectivity index (χ1) is 9.61. The number of hydrogen-bond donors (Lipinski definition) is 1. The van der Waals surface area contributed by atoms with E-state index in [4.69, 9.17) is 4.74 Å². The highest BCUT2D eigenvalue weighted by molar-refractivity contribution is 5.30. The normalized spacial score (nSPS) is 12.2. The number of nitrogens with one attached hydrogen (secondary N) is 1. The molecule has 1 N–H and O–H groups in total. The summed E-state index contributed by atoms with van der Waals surface area (Å²) in [7, 11) is 1.88. The van der Waals surface area contributed by atoms with E-state index in [-0.39, 0.29) is 11.9 Å². The molecule has 0 saturated heterocycles. The van der Waals surface area contributed by atoms with Crippen molar-refractivity contribution in [1.82, 2.24) is 5.32 Å². The molecule has 0 aliphatic heterocycles. The second-order valence-electron chi connectivity index (χ2n) is 4.95. The predicted molar refractivity (Wildman–Crippen MR) is 79.6 cm³/mol. The molecule has 0 aliphatic rings. The molecule has 0 amide bonds. The maximum Gasteiger partial charge on any atom is 0.167 e. The van der Waals surface area contributed by atoms with Gasteiger partial charge in [-0.1, -0.05) is 42.0 Å². The molecular weight excluding hydrogens is 253 g/mol. The van der Waals surface area contributed by atoms with Crippen molar-refractivity contribution in [3.63, 3.8) is 0 Å². The minimum absolute atomic E-state index is 0.0375. The molecule has 0 fully saturated rings. The first-order valence-electron chi connectivity index (χ1n) is 6.73. The monoisotopic (exact) mass is 273 g/mol. The van der Waals surface area contributed by atoms with Crippen LogP contribution in [0.1, 0.15) is 22.7 Å². The highest BCUT2D eigenvalue weighted by atomic mass is 19.1. The third kappa shape index (κ3) is 3.36. The zero-order valence-corrected chi connectivity index (χ0v) is 12.1. The van der Waals surface area contributed by atoms with Crippen LogP contribution in [-0.4, -0.2) is 13.7 Å². The number of hydrogen-bond acceptors (Lipinski definition) is 2. The number of halogens is 1. The van der Waals surface area contributed by atoms with Gasteiger partial charge in [0.15, 0.2) is 11.6 Å². The Kier molecular flexibility index (Phi) is 4.74. The lowest BCUT2D eigenvalue weighted by Crippen LogP contribution is -2.23. The summed E-state index contributed by atoms with van der Waals surface area (Å²) < 4.78 is 19.5. The number of likely N-dealkylation sites (N-methyl/N-ethyl adjacent to an activating group) is 1. The van der Waals surface area contributed by atoms with Gasteiger partial charge in [-0.15, -0.1) is 0 Å². The highest BCUT2D eigenvalue weighted by Crippen LogP contribution is 2.22. The second-order valence-corrected chi connectivity index (χ2v) is 4.95. The Hall–Kier alpha value is -1.87. The van der Waals surface area contributed by atoms with Crippen LogP contribution in [0, 0.1) is 19.7 Å². The van der Waals surface area contributed by atoms with Gasteiger partial charge in [-0.05, 0) is 38.1 Å². The van der Waals surface area contributed by atoms with Crippen LogP contribution in [-0.2, 0) is 0 Å². The maximum atomic E-state index is 13.9. The molecule has 2 rings (SSSR count). The van der Waals surface area contributed by atoms with Crippen LogP contribution in [0.25, 0.3) is 0 Å². The molecule has 0 bridgehead atoms. The summed E-state index contributed by atoms with van der Waals surface area (Å²) in [4.78, 5) is 0. The number of ether oxygens (including phenoxy) is 1. The van der Waals surface area contributed by atoms with Gasteiger partial charge in [0, 0.05) is 0 Å². The molecule has 2 nitrogen and oxygen atoms in total. The lowest BCUT2D eigenvalue weighted by Gasteiger charge is -2.18. The van der Waals surface area contributed by atoms with Crippen molar-refractivity contribution in [2.75, 3.05) is 13.7 Å². The van der Waals surface area contributed by atoms with Crippen molar-refractivity contribution >= 4 is 0 Å². The van der Waals surface area contributed by atoms with Crippen molar-refractivity contribution in [2.24, 2.45) is 0 Å². The van der Waals surface area contributed by atoms with Crippen LogP contribution >= 0.6 is 0 Å². The second kappa shape index (κ2) is 6.53. The number of benzene rings is 2. The van der Waals surface area contributed by atoms with Crippen molar-refractivity contribution in [1.29, 1.82) is 0 Å². The maximum absolute atomic E-state index is 13.9. The van der Waals surface area contributed by atoms with Crippen molar-refractivity contribution in [3.05, 3.63) is 65.0 Å². The Bertz CT molecular complexity index is 566. The van der Waals surface area contributed by atoms with Crippen LogP contribution in [0.4, 0.5) is 4.39 Å². The fraction of sp³-hybridized carbons (Fsp3) is 0.294. The molecule has 0 aliphatic carbocycles. The Morgan fingerprint density at radius 3 is 2.45 bits per heavy atom. The van der Waals surface area contributed by atoms with E-state index in [1.54, 1.807) is 25.1 Å². The van der Waals surface area contributed by atoms with Crippen LogP contribution in [0.3, 0.4) is 0 Å². The molecule has 1 unspecified atom stereocenters. The van der Waals surface area contributed by atoms with Crippen molar-refractivity contribution < 1.29 is 9.13 Å². The average Bonchev–Trinajstić information content (AvgIpc) is 2.45. The smallest absolute Gasteiger partial charge is 0.167 e. The third-order valence-electron chi connectivity index (χ3n) is 3.39. The van der Waals surface area contributed by atoms with Gasteiger partial charge in [0.2, 0.25) is 0 Å². The number of aryl methyl sites for hydroxylation is 2. The minimum atomic E-state index is -0.286. The molecule has 0 heterocycles. The number of rotatable bonds is 5.